The first-order chi connectivity index (χ1) is 14.7. The lowest BCUT2D eigenvalue weighted by Gasteiger charge is -2.34. The third kappa shape index (κ3) is 3.80. The normalized spacial score (nSPS) is 15.4. The second kappa shape index (κ2) is 8.12. The van der Waals surface area contributed by atoms with Gasteiger partial charge < -0.3 is 9.42 Å². The SMILES string of the molecule is CC(C)c1ccc(-c2noc(CN3CCN(c4ncnc5sccc45)CC3)n2)cc1. The molecule has 0 amide bonds. The van der Waals surface area contributed by atoms with Gasteiger partial charge in [0.1, 0.15) is 17.0 Å². The molecule has 4 aromatic rings. The van der Waals surface area contributed by atoms with Crippen LogP contribution in [-0.4, -0.2) is 51.2 Å². The highest BCUT2D eigenvalue weighted by Crippen LogP contribution is 2.27. The Bertz CT molecular complexity index is 1130. The molecule has 1 fully saturated rings. The molecule has 1 saturated heterocycles. The number of hydrogen-bond acceptors (Lipinski definition) is 8. The maximum Gasteiger partial charge on any atom is 0.241 e. The van der Waals surface area contributed by atoms with E-state index in [1.165, 1.54) is 5.56 Å². The molecule has 1 aromatic carbocycles. The minimum Gasteiger partial charge on any atom is -0.353 e. The maximum atomic E-state index is 5.52. The molecule has 0 bridgehead atoms. The van der Waals surface area contributed by atoms with E-state index in [0.29, 0.717) is 24.2 Å². The van der Waals surface area contributed by atoms with Crippen molar-refractivity contribution in [1.29, 1.82) is 0 Å². The van der Waals surface area contributed by atoms with Crippen LogP contribution in [0.3, 0.4) is 0 Å². The zero-order valence-corrected chi connectivity index (χ0v) is 18.0. The molecule has 0 atom stereocenters. The van der Waals surface area contributed by atoms with Crippen LogP contribution in [0.1, 0.15) is 31.2 Å². The molecular formula is C22H24N6OS. The summed E-state index contributed by atoms with van der Waals surface area (Å²) in [4.78, 5) is 19.2. The van der Waals surface area contributed by atoms with Crippen LogP contribution in [0.25, 0.3) is 21.6 Å². The van der Waals surface area contributed by atoms with Gasteiger partial charge in [-0.05, 0) is 22.9 Å². The molecule has 5 rings (SSSR count). The van der Waals surface area contributed by atoms with E-state index in [-0.39, 0.29) is 0 Å². The van der Waals surface area contributed by atoms with Gasteiger partial charge in [-0.3, -0.25) is 4.90 Å². The van der Waals surface area contributed by atoms with Gasteiger partial charge in [-0.1, -0.05) is 43.3 Å². The van der Waals surface area contributed by atoms with E-state index in [0.717, 1.165) is 47.8 Å². The quantitative estimate of drug-likeness (QED) is 0.479. The summed E-state index contributed by atoms with van der Waals surface area (Å²) in [5.74, 6) is 2.86. The van der Waals surface area contributed by atoms with Gasteiger partial charge in [0.25, 0.3) is 0 Å². The highest BCUT2D eigenvalue weighted by atomic mass is 32.1. The van der Waals surface area contributed by atoms with E-state index in [9.17, 15) is 0 Å². The first kappa shape index (κ1) is 19.1. The average Bonchev–Trinajstić information content (AvgIpc) is 3.44. The predicted molar refractivity (Wildman–Crippen MR) is 119 cm³/mol. The predicted octanol–water partition coefficient (Wildman–Crippen LogP) is 4.19. The topological polar surface area (TPSA) is 71.2 Å². The van der Waals surface area contributed by atoms with Gasteiger partial charge in [-0.2, -0.15) is 4.98 Å². The molecule has 0 unspecified atom stereocenters. The Morgan fingerprint density at radius 2 is 1.83 bits per heavy atom. The van der Waals surface area contributed by atoms with Crippen molar-refractivity contribution < 1.29 is 4.52 Å². The van der Waals surface area contributed by atoms with Gasteiger partial charge in [0.05, 0.1) is 11.9 Å². The van der Waals surface area contributed by atoms with Gasteiger partial charge >= 0.3 is 0 Å². The number of thiophene rings is 1. The lowest BCUT2D eigenvalue weighted by Crippen LogP contribution is -2.46. The third-order valence-corrected chi connectivity index (χ3v) is 6.40. The summed E-state index contributed by atoms with van der Waals surface area (Å²) < 4.78 is 5.52. The first-order valence-electron chi connectivity index (χ1n) is 10.3. The number of nitrogens with zero attached hydrogens (tertiary/aromatic N) is 6. The standard InChI is InChI=1S/C22H24N6OS/c1-15(2)16-3-5-17(6-4-16)20-25-19(29-26-20)13-27-8-10-28(11-9-27)21-18-7-12-30-22(18)24-14-23-21/h3-7,12,14-15H,8-11,13H2,1-2H3. The molecule has 0 radical (unpaired) electrons. The Labute approximate surface area is 179 Å². The van der Waals surface area contributed by atoms with Crippen molar-refractivity contribution in [1.82, 2.24) is 25.0 Å². The summed E-state index contributed by atoms with van der Waals surface area (Å²) >= 11 is 1.65. The molecule has 3 aromatic heterocycles. The van der Waals surface area contributed by atoms with Crippen molar-refractivity contribution in [2.45, 2.75) is 26.3 Å². The molecule has 154 valence electrons. The number of aromatic nitrogens is 4. The zero-order chi connectivity index (χ0) is 20.5. The third-order valence-electron chi connectivity index (χ3n) is 5.58. The summed E-state index contributed by atoms with van der Waals surface area (Å²) in [5, 5.41) is 7.39. The Kier molecular flexibility index (Phi) is 5.18. The van der Waals surface area contributed by atoms with Gasteiger partial charge in [0.2, 0.25) is 11.7 Å². The molecule has 4 heterocycles. The average molecular weight is 421 g/mol. The Hall–Kier alpha value is -2.84. The summed E-state index contributed by atoms with van der Waals surface area (Å²) in [7, 11) is 0. The minimum atomic E-state index is 0.511. The van der Waals surface area contributed by atoms with Crippen molar-refractivity contribution in [2.24, 2.45) is 0 Å². The second-order valence-corrected chi connectivity index (χ2v) is 8.78. The molecule has 0 aliphatic carbocycles. The second-order valence-electron chi connectivity index (χ2n) is 7.89. The van der Waals surface area contributed by atoms with E-state index < -0.39 is 0 Å². The van der Waals surface area contributed by atoms with Gasteiger partial charge in [-0.15, -0.1) is 11.3 Å². The van der Waals surface area contributed by atoms with E-state index in [4.69, 9.17) is 4.52 Å². The van der Waals surface area contributed by atoms with Gasteiger partial charge in [0, 0.05) is 31.7 Å². The first-order valence-corrected chi connectivity index (χ1v) is 11.1. The molecule has 0 N–H and O–H groups in total. The van der Waals surface area contributed by atoms with Crippen LogP contribution in [-0.2, 0) is 6.54 Å². The summed E-state index contributed by atoms with van der Waals surface area (Å²) in [6.45, 7) is 8.73. The van der Waals surface area contributed by atoms with Crippen molar-refractivity contribution in [3.05, 3.63) is 53.5 Å². The monoisotopic (exact) mass is 420 g/mol. The van der Waals surface area contributed by atoms with E-state index in [1.54, 1.807) is 17.7 Å². The van der Waals surface area contributed by atoms with Crippen LogP contribution in [0.15, 0.2) is 46.6 Å². The molecule has 7 nitrogen and oxygen atoms in total. The lowest BCUT2D eigenvalue weighted by atomic mass is 10.0. The number of benzene rings is 1. The Balaban J connectivity index is 1.21. The molecular weight excluding hydrogens is 396 g/mol. The van der Waals surface area contributed by atoms with Crippen LogP contribution in [0.2, 0.25) is 0 Å². The summed E-state index contributed by atoms with van der Waals surface area (Å²) in [6, 6.07) is 10.5. The maximum absolute atomic E-state index is 5.52. The van der Waals surface area contributed by atoms with Crippen LogP contribution in [0.4, 0.5) is 5.82 Å². The summed E-state index contributed by atoms with van der Waals surface area (Å²) in [5.41, 5.74) is 2.30. The van der Waals surface area contributed by atoms with Crippen LogP contribution in [0.5, 0.6) is 0 Å². The highest BCUT2D eigenvalue weighted by molar-refractivity contribution is 7.16. The van der Waals surface area contributed by atoms with E-state index in [1.807, 2.05) is 0 Å². The number of rotatable bonds is 5. The fourth-order valence-corrected chi connectivity index (χ4v) is 4.52. The van der Waals surface area contributed by atoms with Crippen molar-refractivity contribution in [2.75, 3.05) is 31.1 Å². The van der Waals surface area contributed by atoms with E-state index in [2.05, 4.69) is 79.5 Å². The fourth-order valence-electron chi connectivity index (χ4n) is 3.79. The molecule has 0 spiro atoms. The van der Waals surface area contributed by atoms with Crippen LogP contribution in [0, 0.1) is 0 Å². The van der Waals surface area contributed by atoms with Gasteiger partial charge in [0.15, 0.2) is 0 Å². The highest BCUT2D eigenvalue weighted by Gasteiger charge is 2.22. The Morgan fingerprint density at radius 3 is 2.60 bits per heavy atom. The fraction of sp³-hybridized carbons (Fsp3) is 0.364. The number of piperazine rings is 1. The van der Waals surface area contributed by atoms with Crippen molar-refractivity contribution in [3.63, 3.8) is 0 Å². The molecule has 1 aliphatic rings. The molecule has 8 heteroatoms. The Morgan fingerprint density at radius 1 is 1.03 bits per heavy atom. The van der Waals surface area contributed by atoms with Crippen LogP contribution >= 0.6 is 11.3 Å². The van der Waals surface area contributed by atoms with Crippen molar-refractivity contribution >= 4 is 27.4 Å². The van der Waals surface area contributed by atoms with Gasteiger partial charge in [-0.25, -0.2) is 9.97 Å². The largest absolute Gasteiger partial charge is 0.353 e. The van der Waals surface area contributed by atoms with E-state index >= 15 is 0 Å². The van der Waals surface area contributed by atoms with Crippen LogP contribution < -0.4 is 4.90 Å². The molecule has 0 saturated carbocycles. The number of anilines is 1. The number of fused-ring (bicyclic) bond motifs is 1. The smallest absolute Gasteiger partial charge is 0.241 e. The summed E-state index contributed by atoms with van der Waals surface area (Å²) in [6.07, 6.45) is 1.66. The minimum absolute atomic E-state index is 0.511. The molecule has 30 heavy (non-hydrogen) atoms. The number of hydrogen-bond donors (Lipinski definition) is 0. The van der Waals surface area contributed by atoms with Crippen molar-refractivity contribution in [3.8, 4) is 11.4 Å². The zero-order valence-electron chi connectivity index (χ0n) is 17.2. The lowest BCUT2D eigenvalue weighted by molar-refractivity contribution is 0.215. The molecule has 1 aliphatic heterocycles.